The SMILES string of the molecule is CCOC(=O)c1c(NC(=O)CNCCc2ccccc2)sc(C(=O)OCCOC)c1C.O=C(O)C(=O)O. The average Bonchev–Trinajstić information content (AvgIpc) is 3.18. The summed E-state index contributed by atoms with van der Waals surface area (Å²) in [5, 5.41) is 20.8. The number of esters is 2. The summed E-state index contributed by atoms with van der Waals surface area (Å²) in [5.74, 6) is -5.14. The molecule has 2 aromatic rings. The van der Waals surface area contributed by atoms with Crippen LogP contribution < -0.4 is 10.6 Å². The van der Waals surface area contributed by atoms with Crippen molar-refractivity contribution in [2.24, 2.45) is 0 Å². The first-order valence-electron chi connectivity index (χ1n) is 11.1. The minimum atomic E-state index is -1.82. The lowest BCUT2D eigenvalue weighted by Gasteiger charge is -2.08. The number of hydrogen-bond acceptors (Lipinski definition) is 10. The van der Waals surface area contributed by atoms with Gasteiger partial charge in [0.25, 0.3) is 0 Å². The van der Waals surface area contributed by atoms with E-state index in [4.69, 9.17) is 34.0 Å². The maximum absolute atomic E-state index is 12.4. The molecule has 0 atom stereocenters. The average molecular weight is 539 g/mol. The first-order valence-corrected chi connectivity index (χ1v) is 11.9. The zero-order valence-electron chi connectivity index (χ0n) is 20.7. The zero-order valence-corrected chi connectivity index (χ0v) is 21.5. The summed E-state index contributed by atoms with van der Waals surface area (Å²) in [4.78, 5) is 55.6. The first-order chi connectivity index (χ1) is 17.6. The Bertz CT molecular complexity index is 1060. The molecule has 1 amide bonds. The van der Waals surface area contributed by atoms with Crippen molar-refractivity contribution < 1.29 is 48.4 Å². The van der Waals surface area contributed by atoms with Gasteiger partial charge in [0.2, 0.25) is 5.91 Å². The van der Waals surface area contributed by atoms with E-state index in [0.717, 1.165) is 17.8 Å². The van der Waals surface area contributed by atoms with E-state index < -0.39 is 23.9 Å². The molecular weight excluding hydrogens is 508 g/mol. The fourth-order valence-electron chi connectivity index (χ4n) is 2.78. The molecule has 0 bridgehead atoms. The molecule has 4 N–H and O–H groups in total. The lowest BCUT2D eigenvalue weighted by atomic mass is 10.1. The topological polar surface area (TPSA) is 178 Å². The Kier molecular flexibility index (Phi) is 14.2. The largest absolute Gasteiger partial charge is 0.473 e. The fraction of sp³-hybridized carbons (Fsp3) is 0.375. The molecule has 0 saturated heterocycles. The minimum absolute atomic E-state index is 0.0691. The smallest absolute Gasteiger partial charge is 0.414 e. The van der Waals surface area contributed by atoms with E-state index in [9.17, 15) is 14.4 Å². The van der Waals surface area contributed by atoms with Gasteiger partial charge in [-0.2, -0.15) is 0 Å². The minimum Gasteiger partial charge on any atom is -0.473 e. The Labute approximate surface area is 217 Å². The van der Waals surface area contributed by atoms with Gasteiger partial charge in [0.15, 0.2) is 0 Å². The fourth-order valence-corrected chi connectivity index (χ4v) is 3.88. The summed E-state index contributed by atoms with van der Waals surface area (Å²) in [5.41, 5.74) is 1.76. The van der Waals surface area contributed by atoms with Crippen molar-refractivity contribution in [2.75, 3.05) is 45.3 Å². The number of amides is 1. The summed E-state index contributed by atoms with van der Waals surface area (Å²) in [6, 6.07) is 9.94. The Morgan fingerprint density at radius 2 is 1.59 bits per heavy atom. The number of hydrogen-bond donors (Lipinski definition) is 4. The van der Waals surface area contributed by atoms with E-state index >= 15 is 0 Å². The number of thiophene rings is 1. The number of methoxy groups -OCH3 is 1. The van der Waals surface area contributed by atoms with Crippen LogP contribution in [0.15, 0.2) is 30.3 Å². The number of ether oxygens (including phenoxy) is 3. The molecule has 1 aromatic carbocycles. The van der Waals surface area contributed by atoms with E-state index in [1.807, 2.05) is 30.3 Å². The van der Waals surface area contributed by atoms with Crippen LogP contribution >= 0.6 is 11.3 Å². The van der Waals surface area contributed by atoms with Gasteiger partial charge in [0, 0.05) is 7.11 Å². The van der Waals surface area contributed by atoms with Crippen LogP contribution in [-0.4, -0.2) is 80.0 Å². The third-order valence-electron chi connectivity index (χ3n) is 4.49. The second-order valence-corrected chi connectivity index (χ2v) is 8.20. The summed E-state index contributed by atoms with van der Waals surface area (Å²) in [6.45, 7) is 4.55. The van der Waals surface area contributed by atoms with Gasteiger partial charge in [-0.25, -0.2) is 19.2 Å². The van der Waals surface area contributed by atoms with Crippen molar-refractivity contribution in [1.82, 2.24) is 5.32 Å². The molecule has 0 radical (unpaired) electrons. The van der Waals surface area contributed by atoms with Gasteiger partial charge >= 0.3 is 23.9 Å². The molecule has 2 rings (SSSR count). The molecule has 0 unspecified atom stereocenters. The van der Waals surface area contributed by atoms with Gasteiger partial charge in [-0.15, -0.1) is 11.3 Å². The number of carbonyl (C=O) groups excluding carboxylic acids is 3. The number of carboxylic acid groups (broad SMARTS) is 2. The third kappa shape index (κ3) is 11.2. The van der Waals surface area contributed by atoms with Gasteiger partial charge in [-0.05, 0) is 37.9 Å². The zero-order chi connectivity index (χ0) is 27.8. The third-order valence-corrected chi connectivity index (χ3v) is 5.67. The van der Waals surface area contributed by atoms with Crippen molar-refractivity contribution in [2.45, 2.75) is 20.3 Å². The molecule has 0 spiro atoms. The van der Waals surface area contributed by atoms with Crippen LogP contribution in [-0.2, 0) is 35.0 Å². The van der Waals surface area contributed by atoms with Crippen LogP contribution in [0.4, 0.5) is 5.00 Å². The molecule has 1 aromatic heterocycles. The van der Waals surface area contributed by atoms with Crippen molar-refractivity contribution in [3.8, 4) is 0 Å². The number of carboxylic acids is 2. The summed E-state index contributed by atoms with van der Waals surface area (Å²) >= 11 is 0.995. The molecule has 13 heteroatoms. The van der Waals surface area contributed by atoms with E-state index in [-0.39, 0.29) is 47.7 Å². The molecule has 202 valence electrons. The quantitative estimate of drug-likeness (QED) is 0.176. The lowest BCUT2D eigenvalue weighted by molar-refractivity contribution is -0.159. The standard InChI is InChI=1S/C22H28N2O6S.C2H2O4/c1-4-29-21(26)18-15(2)19(22(27)30-13-12-28-3)31-20(18)24-17(25)14-23-11-10-16-8-6-5-7-9-16;3-1(4)2(5)6/h5-9,23H,4,10-14H2,1-3H3,(H,24,25);(H,3,4)(H,5,6). The first kappa shape index (κ1) is 31.2. The molecule has 37 heavy (non-hydrogen) atoms. The molecule has 0 aliphatic carbocycles. The van der Waals surface area contributed by atoms with Gasteiger partial charge < -0.3 is 35.1 Å². The van der Waals surface area contributed by atoms with E-state index in [0.29, 0.717) is 12.1 Å². The molecule has 12 nitrogen and oxygen atoms in total. The Morgan fingerprint density at radius 1 is 0.946 bits per heavy atom. The van der Waals surface area contributed by atoms with Crippen LogP contribution in [0.25, 0.3) is 0 Å². The molecule has 0 fully saturated rings. The predicted octanol–water partition coefficient (Wildman–Crippen LogP) is 1.96. The van der Waals surface area contributed by atoms with Crippen LogP contribution in [0, 0.1) is 6.92 Å². The lowest BCUT2D eigenvalue weighted by Crippen LogP contribution is -2.29. The van der Waals surface area contributed by atoms with E-state index in [1.54, 1.807) is 13.8 Å². The second kappa shape index (κ2) is 16.8. The van der Waals surface area contributed by atoms with E-state index in [1.165, 1.54) is 12.7 Å². The number of anilines is 1. The van der Waals surface area contributed by atoms with Gasteiger partial charge in [-0.3, -0.25) is 4.79 Å². The van der Waals surface area contributed by atoms with Gasteiger partial charge in [0.1, 0.15) is 16.5 Å². The number of rotatable bonds is 12. The number of benzene rings is 1. The van der Waals surface area contributed by atoms with Gasteiger partial charge in [0.05, 0.1) is 25.3 Å². The summed E-state index contributed by atoms with van der Waals surface area (Å²) < 4.78 is 15.1. The van der Waals surface area contributed by atoms with Crippen molar-refractivity contribution >= 4 is 46.1 Å². The Morgan fingerprint density at radius 3 is 2.16 bits per heavy atom. The van der Waals surface area contributed by atoms with Crippen LogP contribution in [0.1, 0.15) is 38.1 Å². The van der Waals surface area contributed by atoms with E-state index in [2.05, 4.69) is 10.6 Å². The molecular formula is C24H30N2O10S. The maximum atomic E-state index is 12.4. The molecule has 0 aliphatic heterocycles. The monoisotopic (exact) mass is 538 g/mol. The molecule has 0 saturated carbocycles. The Hall–Kier alpha value is -3.81. The summed E-state index contributed by atoms with van der Waals surface area (Å²) in [6.07, 6.45) is 0.789. The highest BCUT2D eigenvalue weighted by Crippen LogP contribution is 2.34. The van der Waals surface area contributed by atoms with Gasteiger partial charge in [-0.1, -0.05) is 30.3 Å². The maximum Gasteiger partial charge on any atom is 0.414 e. The predicted molar refractivity (Wildman–Crippen MR) is 134 cm³/mol. The van der Waals surface area contributed by atoms with Crippen LogP contribution in [0.5, 0.6) is 0 Å². The number of aliphatic carboxylic acids is 2. The van der Waals surface area contributed by atoms with Crippen LogP contribution in [0.2, 0.25) is 0 Å². The molecule has 0 aliphatic rings. The normalized spacial score (nSPS) is 10.0. The van der Waals surface area contributed by atoms with Crippen molar-refractivity contribution in [1.29, 1.82) is 0 Å². The summed E-state index contributed by atoms with van der Waals surface area (Å²) in [7, 11) is 1.50. The Balaban J connectivity index is 0.00000102. The number of carbonyl (C=O) groups is 5. The second-order valence-electron chi connectivity index (χ2n) is 7.18. The highest BCUT2D eigenvalue weighted by atomic mass is 32.1. The highest BCUT2D eigenvalue weighted by Gasteiger charge is 2.27. The van der Waals surface area contributed by atoms with Crippen molar-refractivity contribution in [3.63, 3.8) is 0 Å². The van der Waals surface area contributed by atoms with Crippen LogP contribution in [0.3, 0.4) is 0 Å². The number of nitrogens with one attached hydrogen (secondary N) is 2. The molecule has 1 heterocycles. The highest BCUT2D eigenvalue weighted by molar-refractivity contribution is 7.18. The van der Waals surface area contributed by atoms with Crippen molar-refractivity contribution in [3.05, 3.63) is 51.9 Å².